The van der Waals surface area contributed by atoms with E-state index in [1.807, 2.05) is 18.2 Å². The SMILES string of the molecule is CC(=O)OCCCP(CCCOC(C)=O)c1ccccc1. The predicted molar refractivity (Wildman–Crippen MR) is 85.2 cm³/mol. The molecule has 5 heteroatoms. The van der Waals surface area contributed by atoms with Crippen LogP contribution in [0.1, 0.15) is 26.7 Å². The lowest BCUT2D eigenvalue weighted by molar-refractivity contribution is -0.141. The highest BCUT2D eigenvalue weighted by molar-refractivity contribution is 7.65. The Morgan fingerprint density at radius 3 is 1.81 bits per heavy atom. The Hall–Kier alpha value is -1.41. The van der Waals surface area contributed by atoms with Crippen LogP contribution in [0.3, 0.4) is 0 Å². The fourth-order valence-corrected chi connectivity index (χ4v) is 4.31. The number of ether oxygens (including phenoxy) is 2. The van der Waals surface area contributed by atoms with Crippen LogP contribution < -0.4 is 5.30 Å². The van der Waals surface area contributed by atoms with E-state index in [0.717, 1.165) is 25.2 Å². The van der Waals surface area contributed by atoms with Crippen molar-refractivity contribution in [1.82, 2.24) is 0 Å². The van der Waals surface area contributed by atoms with Gasteiger partial charge in [-0.15, -0.1) is 0 Å². The molecule has 0 amide bonds. The maximum atomic E-state index is 10.8. The average Bonchev–Trinajstić information content (AvgIpc) is 2.46. The fourth-order valence-electron chi connectivity index (χ4n) is 1.95. The molecule has 0 aliphatic heterocycles. The molecule has 0 aliphatic carbocycles. The highest BCUT2D eigenvalue weighted by Gasteiger charge is 2.11. The van der Waals surface area contributed by atoms with Gasteiger partial charge in [0, 0.05) is 13.8 Å². The summed E-state index contributed by atoms with van der Waals surface area (Å²) >= 11 is 0. The summed E-state index contributed by atoms with van der Waals surface area (Å²) in [5, 5.41) is 1.35. The number of hydrogen-bond acceptors (Lipinski definition) is 4. The Kier molecular flexibility index (Phi) is 8.68. The summed E-state index contributed by atoms with van der Waals surface area (Å²) in [5.41, 5.74) is 0. The van der Waals surface area contributed by atoms with E-state index in [1.165, 1.54) is 19.2 Å². The Morgan fingerprint density at radius 1 is 0.905 bits per heavy atom. The molecule has 1 rings (SSSR count). The molecule has 21 heavy (non-hydrogen) atoms. The summed E-state index contributed by atoms with van der Waals surface area (Å²) in [6, 6.07) is 10.4. The smallest absolute Gasteiger partial charge is 0.302 e. The van der Waals surface area contributed by atoms with Crippen LogP contribution in [0.4, 0.5) is 0 Å². The Bertz CT molecular complexity index is 411. The molecule has 0 N–H and O–H groups in total. The van der Waals surface area contributed by atoms with Crippen molar-refractivity contribution in [2.75, 3.05) is 25.5 Å². The van der Waals surface area contributed by atoms with Crippen molar-refractivity contribution in [3.63, 3.8) is 0 Å². The lowest BCUT2D eigenvalue weighted by Gasteiger charge is -2.18. The Labute approximate surface area is 127 Å². The van der Waals surface area contributed by atoms with Crippen molar-refractivity contribution < 1.29 is 19.1 Å². The Morgan fingerprint density at radius 2 is 1.38 bits per heavy atom. The van der Waals surface area contributed by atoms with Gasteiger partial charge in [-0.1, -0.05) is 38.3 Å². The summed E-state index contributed by atoms with van der Waals surface area (Å²) in [6.07, 6.45) is 3.78. The zero-order valence-electron chi connectivity index (χ0n) is 12.7. The molecular formula is C16H23O4P. The minimum absolute atomic E-state index is 0.228. The van der Waals surface area contributed by atoms with Gasteiger partial charge in [0.25, 0.3) is 0 Å². The van der Waals surface area contributed by atoms with E-state index in [2.05, 4.69) is 12.1 Å². The van der Waals surface area contributed by atoms with Crippen molar-refractivity contribution in [2.24, 2.45) is 0 Å². The second-order valence-corrected chi connectivity index (χ2v) is 7.20. The van der Waals surface area contributed by atoms with Gasteiger partial charge in [-0.2, -0.15) is 0 Å². The number of carbonyl (C=O) groups is 2. The highest BCUT2D eigenvalue weighted by Crippen LogP contribution is 2.35. The highest BCUT2D eigenvalue weighted by atomic mass is 31.1. The zero-order chi connectivity index (χ0) is 15.5. The molecular weight excluding hydrogens is 287 g/mol. The molecule has 0 aliphatic rings. The molecule has 0 aromatic heterocycles. The summed E-state index contributed by atoms with van der Waals surface area (Å²) < 4.78 is 9.97. The van der Waals surface area contributed by atoms with Gasteiger partial charge in [-0.25, -0.2) is 0 Å². The quantitative estimate of drug-likeness (QED) is 0.400. The van der Waals surface area contributed by atoms with Gasteiger partial charge < -0.3 is 9.47 Å². The fraction of sp³-hybridized carbons (Fsp3) is 0.500. The number of benzene rings is 1. The molecule has 0 fully saturated rings. The van der Waals surface area contributed by atoms with Crippen molar-refractivity contribution >= 4 is 25.2 Å². The van der Waals surface area contributed by atoms with Crippen molar-refractivity contribution in [3.05, 3.63) is 30.3 Å². The lowest BCUT2D eigenvalue weighted by atomic mass is 10.4. The first-order valence-electron chi connectivity index (χ1n) is 7.16. The van der Waals surface area contributed by atoms with Crippen LogP contribution in [0, 0.1) is 0 Å². The average molecular weight is 310 g/mol. The monoisotopic (exact) mass is 310 g/mol. The summed E-state index contributed by atoms with van der Waals surface area (Å²) in [6.45, 7) is 3.81. The predicted octanol–water partition coefficient (Wildman–Crippen LogP) is 2.70. The van der Waals surface area contributed by atoms with E-state index in [4.69, 9.17) is 9.47 Å². The largest absolute Gasteiger partial charge is 0.466 e. The normalized spacial score (nSPS) is 10.4. The minimum Gasteiger partial charge on any atom is -0.466 e. The zero-order valence-corrected chi connectivity index (χ0v) is 13.6. The molecule has 1 aromatic carbocycles. The van der Waals surface area contributed by atoms with E-state index in [0.29, 0.717) is 13.2 Å². The summed E-state index contributed by atoms with van der Waals surface area (Å²) in [5.74, 6) is -0.456. The number of esters is 2. The van der Waals surface area contributed by atoms with Gasteiger partial charge >= 0.3 is 11.9 Å². The lowest BCUT2D eigenvalue weighted by Crippen LogP contribution is -2.10. The van der Waals surface area contributed by atoms with Gasteiger partial charge in [0.1, 0.15) is 0 Å². The maximum Gasteiger partial charge on any atom is 0.302 e. The summed E-state index contributed by atoms with van der Waals surface area (Å²) in [4.78, 5) is 21.5. The minimum atomic E-state index is -0.300. The molecule has 0 saturated heterocycles. The second kappa shape index (κ2) is 10.3. The van der Waals surface area contributed by atoms with E-state index >= 15 is 0 Å². The molecule has 0 heterocycles. The van der Waals surface area contributed by atoms with Crippen LogP contribution in [0.2, 0.25) is 0 Å². The van der Waals surface area contributed by atoms with Crippen LogP contribution in [-0.4, -0.2) is 37.5 Å². The number of hydrogen-bond donors (Lipinski definition) is 0. The van der Waals surface area contributed by atoms with Crippen molar-refractivity contribution in [1.29, 1.82) is 0 Å². The van der Waals surface area contributed by atoms with Gasteiger partial charge in [-0.05, 0) is 30.5 Å². The Balaban J connectivity index is 2.42. The van der Waals surface area contributed by atoms with Crippen LogP contribution in [0.5, 0.6) is 0 Å². The third-order valence-electron chi connectivity index (χ3n) is 2.88. The topological polar surface area (TPSA) is 52.6 Å². The number of rotatable bonds is 9. The molecule has 1 aromatic rings. The first kappa shape index (κ1) is 17.6. The first-order valence-corrected chi connectivity index (χ1v) is 8.87. The molecule has 0 bridgehead atoms. The molecule has 4 nitrogen and oxygen atoms in total. The van der Waals surface area contributed by atoms with E-state index in [1.54, 1.807) is 0 Å². The molecule has 0 saturated carbocycles. The molecule has 0 spiro atoms. The van der Waals surface area contributed by atoms with Crippen molar-refractivity contribution in [3.8, 4) is 0 Å². The summed E-state index contributed by atoms with van der Waals surface area (Å²) in [7, 11) is -0.300. The van der Waals surface area contributed by atoms with Gasteiger partial charge in [0.15, 0.2) is 0 Å². The van der Waals surface area contributed by atoms with E-state index in [-0.39, 0.29) is 19.9 Å². The second-order valence-electron chi connectivity index (χ2n) is 4.71. The van der Waals surface area contributed by atoms with Crippen molar-refractivity contribution in [2.45, 2.75) is 26.7 Å². The van der Waals surface area contributed by atoms with Crippen LogP contribution in [0.25, 0.3) is 0 Å². The third-order valence-corrected chi connectivity index (χ3v) is 5.62. The van der Waals surface area contributed by atoms with Crippen LogP contribution >= 0.6 is 7.92 Å². The van der Waals surface area contributed by atoms with E-state index < -0.39 is 0 Å². The standard InChI is InChI=1S/C16H23O4P/c1-14(17)19-10-6-12-21(13-7-11-20-15(2)18)16-8-4-3-5-9-16/h3-5,8-9H,6-7,10-13H2,1-2H3. The molecule has 0 radical (unpaired) electrons. The molecule has 0 unspecified atom stereocenters. The third kappa shape index (κ3) is 8.46. The van der Waals surface area contributed by atoms with Gasteiger partial charge in [-0.3, -0.25) is 9.59 Å². The first-order chi connectivity index (χ1) is 10.1. The number of carbonyl (C=O) groups excluding carboxylic acids is 2. The van der Waals surface area contributed by atoms with Crippen LogP contribution in [-0.2, 0) is 19.1 Å². The van der Waals surface area contributed by atoms with E-state index in [9.17, 15) is 9.59 Å². The molecule has 116 valence electrons. The van der Waals surface area contributed by atoms with Crippen LogP contribution in [0.15, 0.2) is 30.3 Å². The van der Waals surface area contributed by atoms with Gasteiger partial charge in [0.05, 0.1) is 13.2 Å². The maximum absolute atomic E-state index is 10.8. The van der Waals surface area contributed by atoms with Gasteiger partial charge in [0.2, 0.25) is 0 Å². The molecule has 0 atom stereocenters.